The number of rotatable bonds is 3. The zero-order chi connectivity index (χ0) is 7.78. The highest BCUT2D eigenvalue weighted by Gasteiger charge is 2.44. The lowest BCUT2D eigenvalue weighted by Gasteiger charge is -2.16. The van der Waals surface area contributed by atoms with Crippen LogP contribution >= 0.6 is 0 Å². The Bertz CT molecular complexity index is 170. The monoisotopic (exact) mass is 136 g/mol. The summed E-state index contributed by atoms with van der Waals surface area (Å²) in [5.74, 6) is 0. The van der Waals surface area contributed by atoms with Gasteiger partial charge in [0.2, 0.25) is 0 Å². The molecule has 1 saturated carbocycles. The van der Waals surface area contributed by atoms with Gasteiger partial charge in [0.15, 0.2) is 0 Å². The third-order valence-electron chi connectivity index (χ3n) is 2.67. The molecule has 1 aliphatic carbocycles. The van der Waals surface area contributed by atoms with E-state index in [0.717, 1.165) is 6.42 Å². The smallest absolute Gasteiger partial charge is 0.0113 e. The van der Waals surface area contributed by atoms with Crippen LogP contribution in [0.25, 0.3) is 0 Å². The second kappa shape index (κ2) is 2.26. The minimum absolute atomic E-state index is 0.370. The normalized spacial score (nSPS) is 20.2. The van der Waals surface area contributed by atoms with Crippen molar-refractivity contribution < 1.29 is 0 Å². The Hall–Kier alpha value is -0.520. The van der Waals surface area contributed by atoms with Crippen LogP contribution in [0, 0.1) is 5.41 Å². The molecule has 0 atom stereocenters. The summed E-state index contributed by atoms with van der Waals surface area (Å²) in [6.07, 6.45) is 3.68. The Morgan fingerprint density at radius 2 is 1.90 bits per heavy atom. The molecule has 0 heteroatoms. The lowest BCUT2D eigenvalue weighted by molar-refractivity contribution is 0.698. The van der Waals surface area contributed by atoms with E-state index >= 15 is 0 Å². The van der Waals surface area contributed by atoms with Crippen LogP contribution in [0.3, 0.4) is 0 Å². The van der Waals surface area contributed by atoms with Crippen LogP contribution in [0.1, 0.15) is 33.1 Å². The maximum absolute atomic E-state index is 4.07. The van der Waals surface area contributed by atoms with Crippen molar-refractivity contribution in [2.45, 2.75) is 33.1 Å². The average Bonchev–Trinajstić information content (AvgIpc) is 2.65. The Labute approximate surface area is 63.6 Å². The molecule has 0 amide bonds. The molecule has 0 heterocycles. The maximum Gasteiger partial charge on any atom is 0.0113 e. The molecular formula is C10H16. The Balaban J connectivity index is 2.69. The fourth-order valence-electron chi connectivity index (χ4n) is 1.55. The lowest BCUT2D eigenvalue weighted by atomic mass is 9.89. The molecule has 0 radical (unpaired) electrons. The summed E-state index contributed by atoms with van der Waals surface area (Å²) in [5.41, 5.74) is 3.05. The summed E-state index contributed by atoms with van der Waals surface area (Å²) in [7, 11) is 0. The molecule has 0 aromatic carbocycles. The molecule has 0 spiro atoms. The summed E-state index contributed by atoms with van der Waals surface area (Å²) in [6.45, 7) is 12.4. The highest BCUT2D eigenvalue weighted by Crippen LogP contribution is 2.56. The predicted octanol–water partition coefficient (Wildman–Crippen LogP) is 3.31. The van der Waals surface area contributed by atoms with Crippen molar-refractivity contribution in [2.75, 3.05) is 0 Å². The first-order chi connectivity index (χ1) is 4.63. The van der Waals surface area contributed by atoms with Crippen LogP contribution in [-0.4, -0.2) is 0 Å². The molecule has 10 heavy (non-hydrogen) atoms. The number of hydrogen-bond donors (Lipinski definition) is 0. The second-order valence-electron chi connectivity index (χ2n) is 3.32. The van der Waals surface area contributed by atoms with Gasteiger partial charge < -0.3 is 0 Å². The molecule has 0 aromatic rings. The van der Waals surface area contributed by atoms with Crippen molar-refractivity contribution in [1.29, 1.82) is 0 Å². The first kappa shape index (κ1) is 7.59. The van der Waals surface area contributed by atoms with E-state index in [1.165, 1.54) is 24.0 Å². The Kier molecular flexibility index (Phi) is 1.72. The standard InChI is InChI=1S/C10H16/c1-5-9(4)10(6-7-10)8(2)3/h2,4-7H2,1,3H3. The van der Waals surface area contributed by atoms with Gasteiger partial charge in [0, 0.05) is 5.41 Å². The summed E-state index contributed by atoms with van der Waals surface area (Å²) in [5, 5.41) is 0. The molecule has 0 bridgehead atoms. The third kappa shape index (κ3) is 0.920. The van der Waals surface area contributed by atoms with Gasteiger partial charge in [-0.15, -0.1) is 0 Å². The van der Waals surface area contributed by atoms with Gasteiger partial charge in [-0.05, 0) is 26.2 Å². The van der Waals surface area contributed by atoms with E-state index in [-0.39, 0.29) is 0 Å². The largest absolute Gasteiger partial charge is 0.0993 e. The topological polar surface area (TPSA) is 0 Å². The van der Waals surface area contributed by atoms with Crippen molar-refractivity contribution in [3.8, 4) is 0 Å². The third-order valence-corrected chi connectivity index (χ3v) is 2.67. The predicted molar refractivity (Wildman–Crippen MR) is 45.9 cm³/mol. The SMILES string of the molecule is C=C(C)C1(C(=C)CC)CC1. The molecular weight excluding hydrogens is 120 g/mol. The van der Waals surface area contributed by atoms with Crippen LogP contribution in [0.15, 0.2) is 24.3 Å². The molecule has 0 N–H and O–H groups in total. The van der Waals surface area contributed by atoms with Gasteiger partial charge in [0.05, 0.1) is 0 Å². The summed E-state index contributed by atoms with van der Waals surface area (Å²) >= 11 is 0. The molecule has 1 fully saturated rings. The summed E-state index contributed by atoms with van der Waals surface area (Å²) in [4.78, 5) is 0. The minimum atomic E-state index is 0.370. The molecule has 1 rings (SSSR count). The summed E-state index contributed by atoms with van der Waals surface area (Å²) in [6, 6.07) is 0. The van der Waals surface area contributed by atoms with E-state index in [1.54, 1.807) is 0 Å². The van der Waals surface area contributed by atoms with Crippen molar-refractivity contribution in [1.82, 2.24) is 0 Å². The average molecular weight is 136 g/mol. The molecule has 56 valence electrons. The van der Waals surface area contributed by atoms with Gasteiger partial charge in [-0.3, -0.25) is 0 Å². The maximum atomic E-state index is 4.07. The van der Waals surface area contributed by atoms with Crippen LogP contribution in [-0.2, 0) is 0 Å². The molecule has 0 unspecified atom stereocenters. The van der Waals surface area contributed by atoms with E-state index in [4.69, 9.17) is 0 Å². The quantitative estimate of drug-likeness (QED) is 0.522. The molecule has 0 saturated heterocycles. The second-order valence-corrected chi connectivity index (χ2v) is 3.32. The van der Waals surface area contributed by atoms with E-state index in [2.05, 4.69) is 27.0 Å². The minimum Gasteiger partial charge on any atom is -0.0993 e. The highest BCUT2D eigenvalue weighted by atomic mass is 14.5. The van der Waals surface area contributed by atoms with Crippen molar-refractivity contribution in [3.63, 3.8) is 0 Å². The summed E-state index contributed by atoms with van der Waals surface area (Å²) < 4.78 is 0. The van der Waals surface area contributed by atoms with Gasteiger partial charge in [-0.2, -0.15) is 0 Å². The fourth-order valence-corrected chi connectivity index (χ4v) is 1.55. The van der Waals surface area contributed by atoms with Gasteiger partial charge in [0.25, 0.3) is 0 Å². The first-order valence-electron chi connectivity index (χ1n) is 3.97. The zero-order valence-electron chi connectivity index (χ0n) is 7.04. The molecule has 0 aliphatic heterocycles. The molecule has 1 aliphatic rings. The zero-order valence-corrected chi connectivity index (χ0v) is 7.04. The van der Waals surface area contributed by atoms with Crippen molar-refractivity contribution in [2.24, 2.45) is 5.41 Å². The van der Waals surface area contributed by atoms with E-state index in [9.17, 15) is 0 Å². The van der Waals surface area contributed by atoms with E-state index in [1.807, 2.05) is 0 Å². The van der Waals surface area contributed by atoms with Crippen LogP contribution in [0.4, 0.5) is 0 Å². The van der Waals surface area contributed by atoms with Crippen LogP contribution in [0.5, 0.6) is 0 Å². The fraction of sp³-hybridized carbons (Fsp3) is 0.600. The van der Waals surface area contributed by atoms with Gasteiger partial charge in [-0.1, -0.05) is 31.2 Å². The van der Waals surface area contributed by atoms with Crippen LogP contribution in [0.2, 0.25) is 0 Å². The van der Waals surface area contributed by atoms with E-state index < -0.39 is 0 Å². The molecule has 0 nitrogen and oxygen atoms in total. The van der Waals surface area contributed by atoms with Gasteiger partial charge in [-0.25, -0.2) is 0 Å². The van der Waals surface area contributed by atoms with E-state index in [0.29, 0.717) is 5.41 Å². The van der Waals surface area contributed by atoms with Gasteiger partial charge >= 0.3 is 0 Å². The Morgan fingerprint density at radius 3 is 2.00 bits per heavy atom. The van der Waals surface area contributed by atoms with Crippen molar-refractivity contribution in [3.05, 3.63) is 24.3 Å². The first-order valence-corrected chi connectivity index (χ1v) is 3.97. The number of hydrogen-bond acceptors (Lipinski definition) is 0. The molecule has 0 aromatic heterocycles. The highest BCUT2D eigenvalue weighted by molar-refractivity contribution is 5.31. The number of allylic oxidation sites excluding steroid dienone is 2. The Morgan fingerprint density at radius 1 is 1.40 bits per heavy atom. The lowest BCUT2D eigenvalue weighted by Crippen LogP contribution is -2.03. The van der Waals surface area contributed by atoms with Crippen LogP contribution < -0.4 is 0 Å². The van der Waals surface area contributed by atoms with Crippen molar-refractivity contribution >= 4 is 0 Å². The van der Waals surface area contributed by atoms with Gasteiger partial charge in [0.1, 0.15) is 0 Å².